The summed E-state index contributed by atoms with van der Waals surface area (Å²) in [5.74, 6) is 1.49. The van der Waals surface area contributed by atoms with E-state index in [1.54, 1.807) is 0 Å². The van der Waals surface area contributed by atoms with Crippen LogP contribution in [-0.4, -0.2) is 18.2 Å². The highest BCUT2D eigenvalue weighted by atomic mass is 32.1. The number of unbranched alkanes of at least 4 members (excludes halogenated alkanes) is 3. The Morgan fingerprint density at radius 1 is 0.882 bits per heavy atom. The lowest BCUT2D eigenvalue weighted by atomic mass is 10.0. The molecule has 2 N–H and O–H groups in total. The second-order valence-electron chi connectivity index (χ2n) is 5.63. The van der Waals surface area contributed by atoms with Gasteiger partial charge in [0.2, 0.25) is 0 Å². The van der Waals surface area contributed by atoms with E-state index in [9.17, 15) is 0 Å². The van der Waals surface area contributed by atoms with E-state index in [1.807, 2.05) is 0 Å². The first-order valence-electron chi connectivity index (χ1n) is 7.04. The molecule has 0 aliphatic carbocycles. The zero-order valence-corrected chi connectivity index (χ0v) is 12.8. The van der Waals surface area contributed by atoms with Crippen molar-refractivity contribution in [1.82, 2.24) is 10.6 Å². The SMILES string of the molecule is CC(C)CCCCCCNC(=S)NCC(C)C. The van der Waals surface area contributed by atoms with Crippen molar-refractivity contribution in [1.29, 1.82) is 0 Å². The largest absolute Gasteiger partial charge is 0.363 e. The third-order valence-electron chi connectivity index (χ3n) is 2.66. The highest BCUT2D eigenvalue weighted by molar-refractivity contribution is 7.80. The zero-order chi connectivity index (χ0) is 13.1. The van der Waals surface area contributed by atoms with Crippen LogP contribution in [0.2, 0.25) is 0 Å². The van der Waals surface area contributed by atoms with Crippen LogP contribution in [0.25, 0.3) is 0 Å². The van der Waals surface area contributed by atoms with Crippen LogP contribution in [0.4, 0.5) is 0 Å². The molecule has 0 amide bonds. The van der Waals surface area contributed by atoms with Gasteiger partial charge in [-0.25, -0.2) is 0 Å². The monoisotopic (exact) mass is 258 g/mol. The molecule has 0 saturated heterocycles. The summed E-state index contributed by atoms with van der Waals surface area (Å²) in [7, 11) is 0. The maximum Gasteiger partial charge on any atom is 0.166 e. The Labute approximate surface area is 113 Å². The first-order chi connectivity index (χ1) is 8.02. The Morgan fingerprint density at radius 2 is 1.53 bits per heavy atom. The quantitative estimate of drug-likeness (QED) is 0.487. The fourth-order valence-corrected chi connectivity index (χ4v) is 1.78. The number of nitrogens with one attached hydrogen (secondary N) is 2. The van der Waals surface area contributed by atoms with Crippen molar-refractivity contribution in [2.75, 3.05) is 13.1 Å². The average Bonchev–Trinajstić information content (AvgIpc) is 2.24. The number of hydrogen-bond acceptors (Lipinski definition) is 1. The molecule has 102 valence electrons. The minimum absolute atomic E-state index is 0.644. The van der Waals surface area contributed by atoms with Gasteiger partial charge in [-0.15, -0.1) is 0 Å². The van der Waals surface area contributed by atoms with Crippen LogP contribution in [0.3, 0.4) is 0 Å². The predicted octanol–water partition coefficient (Wildman–Crippen LogP) is 3.71. The van der Waals surface area contributed by atoms with Gasteiger partial charge in [0.15, 0.2) is 5.11 Å². The van der Waals surface area contributed by atoms with Gasteiger partial charge in [-0.2, -0.15) is 0 Å². The average molecular weight is 258 g/mol. The zero-order valence-electron chi connectivity index (χ0n) is 12.0. The Balaban J connectivity index is 3.19. The van der Waals surface area contributed by atoms with Gasteiger partial charge in [-0.05, 0) is 30.5 Å². The van der Waals surface area contributed by atoms with Crippen LogP contribution in [0.5, 0.6) is 0 Å². The minimum atomic E-state index is 0.644. The molecule has 0 aromatic rings. The van der Waals surface area contributed by atoms with Crippen molar-refractivity contribution < 1.29 is 0 Å². The first-order valence-corrected chi connectivity index (χ1v) is 7.45. The molecule has 0 radical (unpaired) electrons. The maximum absolute atomic E-state index is 5.19. The van der Waals surface area contributed by atoms with Crippen molar-refractivity contribution in [2.24, 2.45) is 11.8 Å². The van der Waals surface area contributed by atoms with Crippen molar-refractivity contribution in [3.8, 4) is 0 Å². The van der Waals surface area contributed by atoms with Gasteiger partial charge in [0, 0.05) is 13.1 Å². The van der Waals surface area contributed by atoms with E-state index in [-0.39, 0.29) is 0 Å². The van der Waals surface area contributed by atoms with Gasteiger partial charge >= 0.3 is 0 Å². The number of hydrogen-bond donors (Lipinski definition) is 2. The first kappa shape index (κ1) is 16.7. The van der Waals surface area contributed by atoms with Crippen molar-refractivity contribution in [2.45, 2.75) is 59.8 Å². The lowest BCUT2D eigenvalue weighted by Crippen LogP contribution is -2.37. The highest BCUT2D eigenvalue weighted by Gasteiger charge is 1.97. The molecule has 0 aliphatic rings. The molecule has 0 spiro atoms. The highest BCUT2D eigenvalue weighted by Crippen LogP contribution is 2.08. The summed E-state index contributed by atoms with van der Waals surface area (Å²) >= 11 is 5.19. The van der Waals surface area contributed by atoms with E-state index < -0.39 is 0 Å². The third kappa shape index (κ3) is 13.6. The van der Waals surface area contributed by atoms with Crippen LogP contribution in [0.1, 0.15) is 59.8 Å². The predicted molar refractivity (Wildman–Crippen MR) is 81.4 cm³/mol. The van der Waals surface area contributed by atoms with Gasteiger partial charge in [-0.3, -0.25) is 0 Å². The summed E-state index contributed by atoms with van der Waals surface area (Å²) in [6, 6.07) is 0. The Hall–Kier alpha value is -0.310. The van der Waals surface area contributed by atoms with E-state index >= 15 is 0 Å². The second-order valence-corrected chi connectivity index (χ2v) is 6.04. The van der Waals surface area contributed by atoms with Crippen molar-refractivity contribution >= 4 is 17.3 Å². The van der Waals surface area contributed by atoms with E-state index in [2.05, 4.69) is 38.3 Å². The lowest BCUT2D eigenvalue weighted by molar-refractivity contribution is 0.518. The standard InChI is InChI=1S/C14H30N2S/c1-12(2)9-7-5-6-8-10-15-14(17)16-11-13(3)4/h12-13H,5-11H2,1-4H3,(H2,15,16,17). The molecular weight excluding hydrogens is 228 g/mol. The molecule has 0 unspecified atom stereocenters. The molecular formula is C14H30N2S. The maximum atomic E-state index is 5.19. The van der Waals surface area contributed by atoms with Crippen LogP contribution in [0.15, 0.2) is 0 Å². The van der Waals surface area contributed by atoms with Gasteiger partial charge in [0.1, 0.15) is 0 Å². The van der Waals surface area contributed by atoms with Gasteiger partial charge in [0.05, 0.1) is 0 Å². The summed E-state index contributed by atoms with van der Waals surface area (Å²) in [6.45, 7) is 10.9. The van der Waals surface area contributed by atoms with Crippen LogP contribution in [0, 0.1) is 11.8 Å². The molecule has 2 nitrogen and oxygen atoms in total. The fraction of sp³-hybridized carbons (Fsp3) is 0.929. The van der Waals surface area contributed by atoms with E-state index in [0.29, 0.717) is 5.92 Å². The summed E-state index contributed by atoms with van der Waals surface area (Å²) in [5.41, 5.74) is 0. The summed E-state index contributed by atoms with van der Waals surface area (Å²) in [4.78, 5) is 0. The van der Waals surface area contributed by atoms with Crippen LogP contribution < -0.4 is 10.6 Å². The van der Waals surface area contributed by atoms with Gasteiger partial charge in [0.25, 0.3) is 0 Å². The van der Waals surface area contributed by atoms with Crippen LogP contribution in [-0.2, 0) is 0 Å². The molecule has 3 heteroatoms. The molecule has 0 heterocycles. The molecule has 0 aliphatic heterocycles. The van der Waals surface area contributed by atoms with Crippen molar-refractivity contribution in [3.05, 3.63) is 0 Å². The third-order valence-corrected chi connectivity index (χ3v) is 2.95. The van der Waals surface area contributed by atoms with Gasteiger partial charge in [-0.1, -0.05) is 53.4 Å². The van der Waals surface area contributed by atoms with E-state index in [1.165, 1.54) is 32.1 Å². The number of rotatable bonds is 9. The Kier molecular flexibility index (Phi) is 10.6. The van der Waals surface area contributed by atoms with Crippen LogP contribution >= 0.6 is 12.2 Å². The van der Waals surface area contributed by atoms with Crippen molar-refractivity contribution in [3.63, 3.8) is 0 Å². The lowest BCUT2D eigenvalue weighted by Gasteiger charge is -2.12. The molecule has 17 heavy (non-hydrogen) atoms. The molecule has 0 fully saturated rings. The Bertz CT molecular complexity index is 191. The summed E-state index contributed by atoms with van der Waals surface area (Å²) in [5, 5.41) is 7.28. The molecule has 0 saturated carbocycles. The molecule has 0 aromatic carbocycles. The second kappa shape index (κ2) is 10.8. The topological polar surface area (TPSA) is 24.1 Å². The van der Waals surface area contributed by atoms with E-state index in [4.69, 9.17) is 12.2 Å². The van der Waals surface area contributed by atoms with E-state index in [0.717, 1.165) is 24.1 Å². The fourth-order valence-electron chi connectivity index (χ4n) is 1.59. The number of thiocarbonyl (C=S) groups is 1. The summed E-state index contributed by atoms with van der Waals surface area (Å²) < 4.78 is 0. The van der Waals surface area contributed by atoms with Gasteiger partial charge < -0.3 is 10.6 Å². The Morgan fingerprint density at radius 3 is 2.12 bits per heavy atom. The molecule has 0 atom stereocenters. The normalized spacial score (nSPS) is 10.9. The molecule has 0 rings (SSSR count). The molecule has 0 bridgehead atoms. The molecule has 0 aromatic heterocycles. The minimum Gasteiger partial charge on any atom is -0.363 e. The summed E-state index contributed by atoms with van der Waals surface area (Å²) in [6.07, 6.45) is 6.62. The smallest absolute Gasteiger partial charge is 0.166 e.